The quantitative estimate of drug-likeness (QED) is 0.0475. The van der Waals surface area contributed by atoms with Crippen LogP contribution >= 0.6 is 0 Å². The van der Waals surface area contributed by atoms with Gasteiger partial charge in [-0.05, 0) is 101 Å². The Labute approximate surface area is 573 Å². The number of imidazole rings is 2. The number of hydrogen-bond donors (Lipinski definition) is 3. The second kappa shape index (κ2) is 28.7. The number of nitriles is 1. The molecule has 1 radical (unpaired) electrons. The van der Waals surface area contributed by atoms with E-state index in [9.17, 15) is 19.6 Å². The lowest BCUT2D eigenvalue weighted by molar-refractivity contribution is -0.133. The number of fused-ring (bicyclic) bond motifs is 2. The van der Waals surface area contributed by atoms with Crippen molar-refractivity contribution in [3.8, 4) is 29.1 Å². The summed E-state index contributed by atoms with van der Waals surface area (Å²) in [6.45, 7) is 7.30. The fraction of sp³-hybridized carbons (Fsp3) is 0.263. The second-order valence-electron chi connectivity index (χ2n) is 24.5. The van der Waals surface area contributed by atoms with Crippen LogP contribution in [-0.4, -0.2) is 117 Å². The summed E-state index contributed by atoms with van der Waals surface area (Å²) in [7, 11) is 6.18. The molecule has 4 aromatic heterocycles. The molecule has 0 bridgehead atoms. The lowest BCUT2D eigenvalue weighted by Crippen LogP contribution is -2.50. The number of anilines is 2. The number of ether oxygens (including phenoxy) is 8. The van der Waals surface area contributed by atoms with E-state index in [4.69, 9.17) is 37.9 Å². The molecular weight excluding hydrogens is 1280 g/mol. The number of alkyl halides is 2. The molecule has 100 heavy (non-hydrogen) atoms. The highest BCUT2D eigenvalue weighted by atomic mass is 19.1. The van der Waals surface area contributed by atoms with E-state index in [1.807, 2.05) is 84.9 Å². The number of carbonyl (C=O) groups excluding carboxylic acids is 2. The van der Waals surface area contributed by atoms with Gasteiger partial charge in [0.25, 0.3) is 11.5 Å². The number of methoxy groups -OCH3 is 4. The fourth-order valence-corrected chi connectivity index (χ4v) is 13.5. The van der Waals surface area contributed by atoms with Gasteiger partial charge in [0.1, 0.15) is 46.6 Å². The molecule has 2 fully saturated rings. The maximum absolute atomic E-state index is 19.8. The average Bonchev–Trinajstić information content (AvgIpc) is 1.46. The Morgan fingerprint density at radius 3 is 1.59 bits per heavy atom. The summed E-state index contributed by atoms with van der Waals surface area (Å²) in [5.74, 6) is -4.26. The number of nitrogens with one attached hydrogen (secondary N) is 3. The Hall–Kier alpha value is -11.2. The maximum atomic E-state index is 19.8. The van der Waals surface area contributed by atoms with Crippen LogP contribution in [0.3, 0.4) is 0 Å². The zero-order valence-corrected chi connectivity index (χ0v) is 55.2. The minimum Gasteiger partial charge on any atom is -0.497 e. The first-order valence-corrected chi connectivity index (χ1v) is 32.3. The van der Waals surface area contributed by atoms with E-state index in [1.54, 1.807) is 131 Å². The third-order valence-corrected chi connectivity index (χ3v) is 18.5. The lowest BCUT2D eigenvalue weighted by atomic mass is 9.73. The molecule has 22 nitrogen and oxygen atoms in total. The Kier molecular flexibility index (Phi) is 19.3. The molecule has 0 saturated carbocycles. The molecule has 0 aliphatic carbocycles. The topological polar surface area (TPSA) is 263 Å². The van der Waals surface area contributed by atoms with Crippen molar-refractivity contribution >= 4 is 45.9 Å². The van der Waals surface area contributed by atoms with Gasteiger partial charge in [-0.15, -0.1) is 0 Å². The predicted molar refractivity (Wildman–Crippen MR) is 366 cm³/mol. The molecule has 2 aliphatic rings. The largest absolute Gasteiger partial charge is 0.497 e. The Balaban J connectivity index is 1.02. The van der Waals surface area contributed by atoms with Crippen molar-refractivity contribution in [2.45, 2.75) is 68.2 Å². The number of rotatable bonds is 24. The minimum atomic E-state index is -2.31. The molecule has 7 aromatic carbocycles. The van der Waals surface area contributed by atoms with Crippen LogP contribution in [-0.2, 0) is 34.9 Å². The van der Waals surface area contributed by atoms with Crippen molar-refractivity contribution in [2.75, 3.05) is 45.7 Å². The second-order valence-corrected chi connectivity index (χ2v) is 24.5. The summed E-state index contributed by atoms with van der Waals surface area (Å²) in [5.41, 5.74) is -0.703. The van der Waals surface area contributed by atoms with E-state index in [1.165, 1.54) is 42.3 Å². The molecule has 11 aromatic rings. The first-order valence-electron chi connectivity index (χ1n) is 32.3. The third kappa shape index (κ3) is 12.5. The SMILES string of the molecule is [CH2]C(C#N)C([C@H]1[C@@H](F)[C@H](n2cnc3c(NC(=O)c4ccccc4)ncnc32)O[C@H]1COC(c1ccccc1)(c1ccc(OC)cc1)c1ccc(OC)cc1)[C@H]1O[C@@H](n2cnc3c(=O)[nH]c(NC(=O)C(C)C)nc32)[C@H](F)[C@@H]1OC(c1ccccc1)(c1ccc(OC)cc1)c1ccc(OC)cc1. The van der Waals surface area contributed by atoms with Crippen LogP contribution in [0, 0.1) is 41.9 Å². The van der Waals surface area contributed by atoms with Gasteiger partial charge in [-0.25, -0.2) is 28.7 Å². The summed E-state index contributed by atoms with van der Waals surface area (Å²) in [5, 5.41) is 17.1. The van der Waals surface area contributed by atoms with Gasteiger partial charge < -0.3 is 43.2 Å². The fourth-order valence-electron chi connectivity index (χ4n) is 13.5. The molecule has 24 heteroatoms. The van der Waals surface area contributed by atoms with Crippen molar-refractivity contribution in [1.29, 1.82) is 5.26 Å². The van der Waals surface area contributed by atoms with Gasteiger partial charge in [0.2, 0.25) is 11.9 Å². The number of benzene rings is 7. The zero-order valence-electron chi connectivity index (χ0n) is 55.2. The minimum absolute atomic E-state index is 0.0159. The lowest BCUT2D eigenvalue weighted by Gasteiger charge is -2.42. The van der Waals surface area contributed by atoms with Crippen LogP contribution in [0.25, 0.3) is 22.3 Å². The van der Waals surface area contributed by atoms with E-state index >= 15 is 8.78 Å². The number of carbonyl (C=O) groups is 2. The van der Waals surface area contributed by atoms with Gasteiger partial charge in [0.15, 0.2) is 52.9 Å². The molecule has 2 aliphatic heterocycles. The molecule has 0 spiro atoms. The Morgan fingerprint density at radius 1 is 0.610 bits per heavy atom. The summed E-state index contributed by atoms with van der Waals surface area (Å²) >= 11 is 0. The number of aromatic nitrogens is 8. The smallest absolute Gasteiger partial charge is 0.280 e. The molecule has 2 amide bonds. The first-order chi connectivity index (χ1) is 48.6. The van der Waals surface area contributed by atoms with Crippen LogP contribution in [0.2, 0.25) is 0 Å². The van der Waals surface area contributed by atoms with E-state index < -0.39 is 102 Å². The number of amides is 2. The van der Waals surface area contributed by atoms with Crippen molar-refractivity contribution in [3.63, 3.8) is 0 Å². The molecule has 13 rings (SSSR count). The number of halogens is 2. The average molecular weight is 1350 g/mol. The summed E-state index contributed by atoms with van der Waals surface area (Å²) in [6.07, 6.45) is -9.28. The number of hydrogen-bond acceptors (Lipinski definition) is 17. The van der Waals surface area contributed by atoms with Crippen LogP contribution < -0.4 is 35.1 Å². The highest BCUT2D eigenvalue weighted by Crippen LogP contribution is 2.54. The van der Waals surface area contributed by atoms with Gasteiger partial charge in [0, 0.05) is 23.3 Å². The molecule has 2 unspecified atom stereocenters. The van der Waals surface area contributed by atoms with Crippen molar-refractivity contribution in [1.82, 2.24) is 39.0 Å². The number of nitrogens with zero attached hydrogens (tertiary/aromatic N) is 8. The summed E-state index contributed by atoms with van der Waals surface area (Å²) in [4.78, 5) is 66.1. The summed E-state index contributed by atoms with van der Waals surface area (Å²) < 4.78 is 94.5. The molecule has 509 valence electrons. The molecule has 2 saturated heterocycles. The van der Waals surface area contributed by atoms with Crippen molar-refractivity contribution in [2.24, 2.45) is 23.7 Å². The van der Waals surface area contributed by atoms with Crippen LogP contribution in [0.1, 0.15) is 70.0 Å². The van der Waals surface area contributed by atoms with Gasteiger partial charge in [-0.3, -0.25) is 33.8 Å². The first kappa shape index (κ1) is 67.3. The normalized spacial score (nSPS) is 19.8. The zero-order chi connectivity index (χ0) is 69.8. The van der Waals surface area contributed by atoms with Gasteiger partial charge in [-0.2, -0.15) is 10.2 Å². The van der Waals surface area contributed by atoms with Crippen LogP contribution in [0.4, 0.5) is 20.5 Å². The van der Waals surface area contributed by atoms with Crippen molar-refractivity contribution in [3.05, 3.63) is 263 Å². The van der Waals surface area contributed by atoms with Gasteiger partial charge >= 0.3 is 0 Å². The Bertz CT molecular complexity index is 4680. The van der Waals surface area contributed by atoms with Gasteiger partial charge in [-0.1, -0.05) is 141 Å². The van der Waals surface area contributed by atoms with Crippen molar-refractivity contribution < 1.29 is 56.3 Å². The predicted octanol–water partition coefficient (Wildman–Crippen LogP) is 11.9. The molecular formula is C76H70F2N11O11. The standard InChI is InChI=1S/C76H70F2N11O11/c1-44(2)69(90)86-74-85-68-63(71(92)87-74)83-43-89(68)73-61(78)65(100-76(48-21-15-10-16-22-48,51-27-35-55(95-6)36-28-51)52-29-37-56(96-7)38-30-52)64(99-73)58(45(3)39-79)59-57(98-72(60(59)77)88-42-82-62-66(80-41-81-67(62)88)84-70(91)46-17-11-8-12-18-46)40-97-75(47-19-13-9-14-20-47,49-23-31-53(93-4)32-24-49)50-25-33-54(94-5)34-26-50/h8-38,41-45,57-61,64-65,72-73H,3,40H2,1-2,4-7H3,(H,80,81,84,91)(H2,85,86,87,90,92)/t45?,57-,58?,59-,60+,61+,64+,65-,72+,73+/m0/s1. The molecule has 10 atom stereocenters. The van der Waals surface area contributed by atoms with Gasteiger partial charge in [0.05, 0.1) is 71.9 Å². The van der Waals surface area contributed by atoms with E-state index in [2.05, 4.69) is 53.5 Å². The van der Waals surface area contributed by atoms with Crippen LogP contribution in [0.15, 0.2) is 212 Å². The van der Waals surface area contributed by atoms with Crippen LogP contribution in [0.5, 0.6) is 23.0 Å². The Morgan fingerprint density at radius 2 is 1.08 bits per heavy atom. The summed E-state index contributed by atoms with van der Waals surface area (Å²) in [6, 6.07) is 58.1. The maximum Gasteiger partial charge on any atom is 0.280 e. The monoisotopic (exact) mass is 1350 g/mol. The molecule has 6 heterocycles. The van der Waals surface area contributed by atoms with E-state index in [-0.39, 0.29) is 34.1 Å². The van der Waals surface area contributed by atoms with E-state index in [0.29, 0.717) is 61.9 Å². The highest BCUT2D eigenvalue weighted by molar-refractivity contribution is 6.06. The third-order valence-electron chi connectivity index (χ3n) is 18.5. The molecule has 3 N–H and O–H groups in total. The number of aromatic amines is 1. The van der Waals surface area contributed by atoms with E-state index in [0.717, 1.165) is 0 Å². The number of H-pyrrole nitrogens is 1. The highest BCUT2D eigenvalue weighted by Gasteiger charge is 2.61.